The fourth-order valence-electron chi connectivity index (χ4n) is 1.59. The molecule has 7 heteroatoms. The van der Waals surface area contributed by atoms with Gasteiger partial charge in [-0.05, 0) is 27.0 Å². The maximum atomic E-state index is 12.0. The van der Waals surface area contributed by atoms with Crippen LogP contribution in [0, 0.1) is 0 Å². The molecule has 110 valence electrons. The Morgan fingerprint density at radius 3 is 2.58 bits per heavy atom. The molecule has 19 heavy (non-hydrogen) atoms. The first-order chi connectivity index (χ1) is 8.81. The third-order valence-electron chi connectivity index (χ3n) is 2.64. The fraction of sp³-hybridized carbons (Fsp3) is 0.750. The van der Waals surface area contributed by atoms with Crippen LogP contribution in [0.25, 0.3) is 0 Å². The van der Waals surface area contributed by atoms with E-state index in [-0.39, 0.29) is 18.7 Å². The maximum absolute atomic E-state index is 12.0. The first-order valence-electron chi connectivity index (χ1n) is 6.17. The summed E-state index contributed by atoms with van der Waals surface area (Å²) in [4.78, 5) is 0. The number of likely N-dealkylation sites (N-methyl/N-ethyl adjacent to an activating group) is 1. The van der Waals surface area contributed by atoms with E-state index < -0.39 is 12.8 Å². The van der Waals surface area contributed by atoms with E-state index in [9.17, 15) is 13.2 Å². The van der Waals surface area contributed by atoms with Gasteiger partial charge >= 0.3 is 6.18 Å². The summed E-state index contributed by atoms with van der Waals surface area (Å²) in [6.45, 7) is 2.81. The molecule has 1 N–H and O–H groups in total. The Morgan fingerprint density at radius 1 is 1.42 bits per heavy atom. The first-order valence-corrected chi connectivity index (χ1v) is 6.17. The lowest BCUT2D eigenvalue weighted by Crippen LogP contribution is -2.34. The zero-order valence-electron chi connectivity index (χ0n) is 11.4. The monoisotopic (exact) mass is 279 g/mol. The van der Waals surface area contributed by atoms with Crippen molar-refractivity contribution in [3.8, 4) is 0 Å². The van der Waals surface area contributed by atoms with Gasteiger partial charge in [0.25, 0.3) is 0 Å². The molecule has 0 amide bonds. The molecule has 1 aromatic rings. The molecule has 0 aliphatic rings. The Morgan fingerprint density at radius 2 is 2.11 bits per heavy atom. The minimum Gasteiger partial charge on any atom is -0.370 e. The largest absolute Gasteiger partial charge is 0.411 e. The van der Waals surface area contributed by atoms with Crippen molar-refractivity contribution in [2.24, 2.45) is 0 Å². The van der Waals surface area contributed by atoms with Crippen LogP contribution in [0.1, 0.15) is 25.6 Å². The topological polar surface area (TPSA) is 39.1 Å². The van der Waals surface area contributed by atoms with E-state index in [1.54, 1.807) is 7.05 Å². The Bertz CT molecular complexity index is 377. The summed E-state index contributed by atoms with van der Waals surface area (Å²) < 4.78 is 42.4. The van der Waals surface area contributed by atoms with Crippen molar-refractivity contribution in [3.05, 3.63) is 18.0 Å². The standard InChI is InChI=1S/C12H20F3N3O/c1-9(2)18-5-4-10(17-18)6-11(16-3)7-19-8-12(13,14)15/h4-5,9,11,16H,6-8H2,1-3H3. The van der Waals surface area contributed by atoms with Crippen LogP contribution in [0.2, 0.25) is 0 Å². The van der Waals surface area contributed by atoms with Gasteiger partial charge in [0, 0.05) is 24.7 Å². The van der Waals surface area contributed by atoms with Crippen LogP contribution < -0.4 is 5.32 Å². The third-order valence-corrected chi connectivity index (χ3v) is 2.64. The number of nitrogens with zero attached hydrogens (tertiary/aromatic N) is 2. The molecule has 0 radical (unpaired) electrons. The Labute approximate surface area is 110 Å². The number of rotatable bonds is 7. The molecule has 1 rings (SSSR count). The smallest absolute Gasteiger partial charge is 0.370 e. The number of ether oxygens (including phenoxy) is 1. The van der Waals surface area contributed by atoms with Gasteiger partial charge < -0.3 is 10.1 Å². The molecule has 1 atom stereocenters. The summed E-state index contributed by atoms with van der Waals surface area (Å²) in [5.41, 5.74) is 0.837. The lowest BCUT2D eigenvalue weighted by molar-refractivity contribution is -0.175. The highest BCUT2D eigenvalue weighted by Gasteiger charge is 2.27. The molecule has 0 fully saturated rings. The van der Waals surface area contributed by atoms with Crippen LogP contribution in [-0.2, 0) is 11.2 Å². The van der Waals surface area contributed by atoms with E-state index in [4.69, 9.17) is 0 Å². The summed E-state index contributed by atoms with van der Waals surface area (Å²) in [6, 6.07) is 1.95. The van der Waals surface area contributed by atoms with Crippen LogP contribution in [-0.4, -0.2) is 42.3 Å². The number of halogens is 3. The molecule has 1 heterocycles. The number of hydrogen-bond acceptors (Lipinski definition) is 3. The van der Waals surface area contributed by atoms with Gasteiger partial charge in [0.1, 0.15) is 6.61 Å². The highest BCUT2D eigenvalue weighted by Crippen LogP contribution is 2.14. The zero-order valence-corrected chi connectivity index (χ0v) is 11.4. The van der Waals surface area contributed by atoms with Crippen molar-refractivity contribution in [1.82, 2.24) is 15.1 Å². The van der Waals surface area contributed by atoms with Crippen molar-refractivity contribution in [3.63, 3.8) is 0 Å². The molecule has 0 spiro atoms. The fourth-order valence-corrected chi connectivity index (χ4v) is 1.59. The van der Waals surface area contributed by atoms with Gasteiger partial charge in [-0.1, -0.05) is 0 Å². The second-order valence-electron chi connectivity index (χ2n) is 4.70. The first kappa shape index (κ1) is 16.0. The van der Waals surface area contributed by atoms with Crippen molar-refractivity contribution >= 4 is 0 Å². The maximum Gasteiger partial charge on any atom is 0.411 e. The third kappa shape index (κ3) is 6.07. The lowest BCUT2D eigenvalue weighted by atomic mass is 10.2. The van der Waals surface area contributed by atoms with Gasteiger partial charge in [-0.3, -0.25) is 4.68 Å². The highest BCUT2D eigenvalue weighted by molar-refractivity contribution is 5.02. The average Bonchev–Trinajstić information content (AvgIpc) is 2.74. The van der Waals surface area contributed by atoms with Gasteiger partial charge in [-0.25, -0.2) is 0 Å². The minimum absolute atomic E-state index is 0.00451. The second kappa shape index (κ2) is 6.91. The quantitative estimate of drug-likeness (QED) is 0.831. The zero-order chi connectivity index (χ0) is 14.5. The molecule has 0 aliphatic carbocycles. The molecule has 0 saturated carbocycles. The van der Waals surface area contributed by atoms with Gasteiger partial charge in [0.15, 0.2) is 0 Å². The highest BCUT2D eigenvalue weighted by atomic mass is 19.4. The van der Waals surface area contributed by atoms with Crippen LogP contribution in [0.15, 0.2) is 12.3 Å². The van der Waals surface area contributed by atoms with Gasteiger partial charge in [-0.2, -0.15) is 18.3 Å². The molecule has 1 aromatic heterocycles. The minimum atomic E-state index is -4.28. The van der Waals surface area contributed by atoms with Crippen LogP contribution >= 0.6 is 0 Å². The predicted octanol–water partition coefficient (Wildman–Crippen LogP) is 2.17. The summed E-state index contributed by atoms with van der Waals surface area (Å²) in [5, 5.41) is 7.29. The number of nitrogens with one attached hydrogen (secondary N) is 1. The molecule has 0 saturated heterocycles. The summed E-state index contributed by atoms with van der Waals surface area (Å²) in [7, 11) is 1.70. The summed E-state index contributed by atoms with van der Waals surface area (Å²) in [6.07, 6.45) is -1.88. The molecule has 0 bridgehead atoms. The normalized spacial score (nSPS) is 14.1. The van der Waals surface area contributed by atoms with E-state index in [0.29, 0.717) is 6.42 Å². The van der Waals surface area contributed by atoms with Crippen molar-refractivity contribution in [2.45, 2.75) is 38.5 Å². The molecular formula is C12H20F3N3O. The van der Waals surface area contributed by atoms with E-state index in [0.717, 1.165) is 5.69 Å². The summed E-state index contributed by atoms with van der Waals surface area (Å²) >= 11 is 0. The Hall–Kier alpha value is -1.08. The average molecular weight is 279 g/mol. The Kier molecular flexibility index (Phi) is 5.81. The SMILES string of the molecule is CNC(COCC(F)(F)F)Cc1ccn(C(C)C)n1. The van der Waals surface area contributed by atoms with E-state index in [2.05, 4.69) is 15.2 Å². The molecule has 0 aromatic carbocycles. The van der Waals surface area contributed by atoms with E-state index >= 15 is 0 Å². The van der Waals surface area contributed by atoms with E-state index in [1.165, 1.54) is 0 Å². The van der Waals surface area contributed by atoms with Crippen molar-refractivity contribution in [1.29, 1.82) is 0 Å². The summed E-state index contributed by atoms with van der Waals surface area (Å²) in [5.74, 6) is 0. The second-order valence-corrected chi connectivity index (χ2v) is 4.70. The molecule has 1 unspecified atom stereocenters. The van der Waals surface area contributed by atoms with Crippen molar-refractivity contribution < 1.29 is 17.9 Å². The molecular weight excluding hydrogens is 259 g/mol. The predicted molar refractivity (Wildman–Crippen MR) is 66.0 cm³/mol. The van der Waals surface area contributed by atoms with E-state index in [1.807, 2.05) is 30.8 Å². The molecule has 0 aliphatic heterocycles. The lowest BCUT2D eigenvalue weighted by Gasteiger charge is -2.16. The van der Waals surface area contributed by atoms with Gasteiger partial charge in [-0.15, -0.1) is 0 Å². The van der Waals surface area contributed by atoms with Crippen LogP contribution in [0.4, 0.5) is 13.2 Å². The number of hydrogen-bond donors (Lipinski definition) is 1. The molecule has 4 nitrogen and oxygen atoms in total. The van der Waals surface area contributed by atoms with Gasteiger partial charge in [0.05, 0.1) is 12.3 Å². The van der Waals surface area contributed by atoms with Crippen molar-refractivity contribution in [2.75, 3.05) is 20.3 Å². The van der Waals surface area contributed by atoms with Crippen LogP contribution in [0.3, 0.4) is 0 Å². The van der Waals surface area contributed by atoms with Crippen LogP contribution in [0.5, 0.6) is 0 Å². The number of alkyl halides is 3. The number of aromatic nitrogens is 2. The van der Waals surface area contributed by atoms with Gasteiger partial charge in [0.2, 0.25) is 0 Å². The Balaban J connectivity index is 2.43.